The van der Waals surface area contributed by atoms with E-state index in [0.717, 1.165) is 19.4 Å². The third-order valence-corrected chi connectivity index (χ3v) is 3.18. The monoisotopic (exact) mass is 240 g/mol. The molecule has 17 heavy (non-hydrogen) atoms. The van der Waals surface area contributed by atoms with E-state index in [1.807, 2.05) is 6.92 Å². The molecule has 2 atom stereocenters. The molecule has 0 aromatic heterocycles. The fraction of sp³-hybridized carbons (Fsp3) is 0.867. The van der Waals surface area contributed by atoms with Crippen LogP contribution in [-0.4, -0.2) is 19.0 Å². The second-order valence-corrected chi connectivity index (χ2v) is 4.77. The first-order valence-corrected chi connectivity index (χ1v) is 7.30. The van der Waals surface area contributed by atoms with Crippen LogP contribution in [0.4, 0.5) is 0 Å². The van der Waals surface area contributed by atoms with E-state index < -0.39 is 0 Å². The number of rotatable bonds is 8. The molecule has 0 amide bonds. The van der Waals surface area contributed by atoms with Crippen LogP contribution in [0.25, 0.3) is 0 Å². The summed E-state index contributed by atoms with van der Waals surface area (Å²) >= 11 is 0. The van der Waals surface area contributed by atoms with Gasteiger partial charge in [-0.25, -0.2) is 0 Å². The lowest BCUT2D eigenvalue weighted by atomic mass is 10.1. The summed E-state index contributed by atoms with van der Waals surface area (Å²) in [7, 11) is 0. The minimum absolute atomic E-state index is 0.0310. The minimum Gasteiger partial charge on any atom is -0.353 e. The highest BCUT2D eigenvalue weighted by Gasteiger charge is 2.20. The van der Waals surface area contributed by atoms with Gasteiger partial charge < -0.3 is 9.47 Å². The van der Waals surface area contributed by atoms with Crippen molar-refractivity contribution in [1.82, 2.24) is 0 Å². The third kappa shape index (κ3) is 6.85. The molecular formula is C15H28O2. The summed E-state index contributed by atoms with van der Waals surface area (Å²) in [6.07, 6.45) is 14.8. The van der Waals surface area contributed by atoms with Crippen molar-refractivity contribution >= 4 is 0 Å². The molecular weight excluding hydrogens is 212 g/mol. The van der Waals surface area contributed by atoms with Gasteiger partial charge in [-0.1, -0.05) is 38.3 Å². The van der Waals surface area contributed by atoms with Crippen molar-refractivity contribution < 1.29 is 9.47 Å². The van der Waals surface area contributed by atoms with Crippen molar-refractivity contribution in [2.45, 2.75) is 77.6 Å². The molecule has 0 saturated carbocycles. The maximum atomic E-state index is 5.85. The molecule has 100 valence electrons. The number of hydrogen-bond donors (Lipinski definition) is 0. The van der Waals surface area contributed by atoms with Gasteiger partial charge in [0.05, 0.1) is 6.10 Å². The first kappa shape index (κ1) is 14.7. The van der Waals surface area contributed by atoms with Crippen molar-refractivity contribution in [1.29, 1.82) is 0 Å². The van der Waals surface area contributed by atoms with E-state index in [9.17, 15) is 0 Å². The summed E-state index contributed by atoms with van der Waals surface area (Å²) < 4.78 is 11.4. The van der Waals surface area contributed by atoms with Crippen LogP contribution in [0, 0.1) is 0 Å². The Kier molecular flexibility index (Phi) is 8.37. The summed E-state index contributed by atoms with van der Waals surface area (Å²) in [5.74, 6) is 0. The van der Waals surface area contributed by atoms with Crippen LogP contribution in [0.5, 0.6) is 0 Å². The van der Waals surface area contributed by atoms with E-state index >= 15 is 0 Å². The number of ether oxygens (including phenoxy) is 2. The average molecular weight is 240 g/mol. The van der Waals surface area contributed by atoms with Crippen molar-refractivity contribution in [3.05, 3.63) is 12.2 Å². The normalized spacial score (nSPS) is 25.5. The van der Waals surface area contributed by atoms with Gasteiger partial charge in [0.1, 0.15) is 0 Å². The second-order valence-electron chi connectivity index (χ2n) is 4.77. The summed E-state index contributed by atoms with van der Waals surface area (Å²) in [4.78, 5) is 0. The Labute approximate surface area is 106 Å². The van der Waals surface area contributed by atoms with Crippen LogP contribution in [0.3, 0.4) is 0 Å². The Bertz CT molecular complexity index is 199. The second kappa shape index (κ2) is 9.67. The molecule has 0 aliphatic carbocycles. The fourth-order valence-electron chi connectivity index (χ4n) is 2.20. The molecule has 1 saturated heterocycles. The van der Waals surface area contributed by atoms with E-state index in [2.05, 4.69) is 19.1 Å². The van der Waals surface area contributed by atoms with Crippen LogP contribution in [0.2, 0.25) is 0 Å². The zero-order chi connectivity index (χ0) is 12.3. The van der Waals surface area contributed by atoms with Gasteiger partial charge >= 0.3 is 0 Å². The highest BCUT2D eigenvalue weighted by atomic mass is 16.7. The number of unbranched alkanes of at least 4 members (excludes halogenated alkanes) is 4. The fourth-order valence-corrected chi connectivity index (χ4v) is 2.20. The molecule has 0 bridgehead atoms. The molecule has 2 heteroatoms. The quantitative estimate of drug-likeness (QED) is 0.461. The van der Waals surface area contributed by atoms with Gasteiger partial charge in [0, 0.05) is 6.61 Å². The molecule has 0 radical (unpaired) electrons. The molecule has 0 aromatic carbocycles. The zero-order valence-corrected chi connectivity index (χ0v) is 11.5. The SMILES string of the molecule is CCCCCC/C=C/C1CCCC(OCC)O1. The van der Waals surface area contributed by atoms with E-state index in [4.69, 9.17) is 9.47 Å². The van der Waals surface area contributed by atoms with Crippen LogP contribution in [0.1, 0.15) is 65.2 Å². The first-order chi connectivity index (χ1) is 8.36. The Hall–Kier alpha value is -0.340. The molecule has 2 nitrogen and oxygen atoms in total. The Morgan fingerprint density at radius 2 is 2.06 bits per heavy atom. The van der Waals surface area contributed by atoms with Gasteiger partial charge in [-0.15, -0.1) is 0 Å². The summed E-state index contributed by atoms with van der Waals surface area (Å²) in [5, 5.41) is 0. The summed E-state index contributed by atoms with van der Waals surface area (Å²) in [6, 6.07) is 0. The zero-order valence-electron chi connectivity index (χ0n) is 11.5. The molecule has 1 rings (SSSR count). The van der Waals surface area contributed by atoms with Crippen molar-refractivity contribution in [2.24, 2.45) is 0 Å². The molecule has 0 aromatic rings. The highest BCUT2D eigenvalue weighted by molar-refractivity contribution is 4.91. The predicted octanol–water partition coefficient (Wildman–Crippen LogP) is 4.44. The lowest BCUT2D eigenvalue weighted by molar-refractivity contribution is -0.179. The van der Waals surface area contributed by atoms with Crippen LogP contribution >= 0.6 is 0 Å². The molecule has 0 N–H and O–H groups in total. The Morgan fingerprint density at radius 3 is 2.82 bits per heavy atom. The minimum atomic E-state index is 0.0310. The van der Waals surface area contributed by atoms with Gasteiger partial charge in [-0.05, 0) is 39.0 Å². The lowest BCUT2D eigenvalue weighted by Crippen LogP contribution is -2.28. The number of hydrogen-bond acceptors (Lipinski definition) is 2. The lowest BCUT2D eigenvalue weighted by Gasteiger charge is -2.27. The van der Waals surface area contributed by atoms with Gasteiger partial charge in [0.15, 0.2) is 6.29 Å². The molecule has 1 fully saturated rings. The summed E-state index contributed by atoms with van der Waals surface area (Å²) in [5.41, 5.74) is 0. The maximum Gasteiger partial charge on any atom is 0.158 e. The molecule has 1 aliphatic heterocycles. The van der Waals surface area contributed by atoms with Crippen LogP contribution < -0.4 is 0 Å². The van der Waals surface area contributed by atoms with Gasteiger partial charge in [-0.3, -0.25) is 0 Å². The van der Waals surface area contributed by atoms with Gasteiger partial charge in [0.25, 0.3) is 0 Å². The van der Waals surface area contributed by atoms with E-state index in [0.29, 0.717) is 0 Å². The topological polar surface area (TPSA) is 18.5 Å². The van der Waals surface area contributed by atoms with E-state index in [1.54, 1.807) is 0 Å². The van der Waals surface area contributed by atoms with Crippen molar-refractivity contribution in [3.63, 3.8) is 0 Å². The van der Waals surface area contributed by atoms with Crippen molar-refractivity contribution in [2.75, 3.05) is 6.61 Å². The van der Waals surface area contributed by atoms with Crippen LogP contribution in [-0.2, 0) is 9.47 Å². The van der Waals surface area contributed by atoms with Gasteiger partial charge in [-0.2, -0.15) is 0 Å². The molecule has 2 unspecified atom stereocenters. The largest absolute Gasteiger partial charge is 0.353 e. The first-order valence-electron chi connectivity index (χ1n) is 7.30. The third-order valence-electron chi connectivity index (χ3n) is 3.18. The van der Waals surface area contributed by atoms with E-state index in [-0.39, 0.29) is 12.4 Å². The maximum absolute atomic E-state index is 5.85. The molecule has 0 spiro atoms. The predicted molar refractivity (Wildman–Crippen MR) is 72.0 cm³/mol. The standard InChI is InChI=1S/C15H28O2/c1-3-5-6-7-8-9-11-14-12-10-13-15(17-14)16-4-2/h9,11,14-15H,3-8,10,12-13H2,1-2H3/b11-9+. The summed E-state index contributed by atoms with van der Waals surface area (Å²) in [6.45, 7) is 5.02. The highest BCUT2D eigenvalue weighted by Crippen LogP contribution is 2.20. The van der Waals surface area contributed by atoms with Crippen LogP contribution in [0.15, 0.2) is 12.2 Å². The number of allylic oxidation sites excluding steroid dienone is 1. The average Bonchev–Trinajstić information content (AvgIpc) is 2.35. The molecule has 1 aliphatic rings. The molecule has 1 heterocycles. The van der Waals surface area contributed by atoms with Gasteiger partial charge in [0.2, 0.25) is 0 Å². The van der Waals surface area contributed by atoms with E-state index in [1.165, 1.54) is 38.5 Å². The Balaban J connectivity index is 2.10. The smallest absolute Gasteiger partial charge is 0.158 e. The Morgan fingerprint density at radius 1 is 1.18 bits per heavy atom. The van der Waals surface area contributed by atoms with Crippen molar-refractivity contribution in [3.8, 4) is 0 Å².